The monoisotopic (exact) mass is 443 g/mol. The molecule has 1 unspecified atom stereocenters. The zero-order chi connectivity index (χ0) is 21.1. The molecule has 3 rings (SSSR count). The van der Waals surface area contributed by atoms with Gasteiger partial charge in [0, 0.05) is 15.8 Å². The second-order valence-corrected chi connectivity index (χ2v) is 10.6. The van der Waals surface area contributed by atoms with Crippen molar-refractivity contribution in [3.63, 3.8) is 0 Å². The van der Waals surface area contributed by atoms with Gasteiger partial charge in [0.25, 0.3) is 10.0 Å². The Hall–Kier alpha value is -2.59. The summed E-state index contributed by atoms with van der Waals surface area (Å²) in [6, 6.07) is 19.5. The lowest BCUT2D eigenvalue weighted by atomic mass is 10.2. The zero-order valence-electron chi connectivity index (χ0n) is 15.8. The van der Waals surface area contributed by atoms with Gasteiger partial charge in [-0.3, -0.25) is 0 Å². The minimum Gasteiger partial charge on any atom is -0.230 e. The van der Waals surface area contributed by atoms with Crippen molar-refractivity contribution < 1.29 is 12.6 Å². The summed E-state index contributed by atoms with van der Waals surface area (Å²) in [5, 5.41) is 3.06. The normalized spacial score (nSPS) is 13.1. The molecule has 0 aromatic heterocycles. The van der Waals surface area contributed by atoms with Crippen LogP contribution in [0.3, 0.4) is 0 Å². The Morgan fingerprint density at radius 3 is 1.90 bits per heavy atom. The van der Waals surface area contributed by atoms with Crippen LogP contribution in [-0.4, -0.2) is 12.6 Å². The number of rotatable bonds is 3. The largest absolute Gasteiger partial charge is 0.291 e. The predicted octanol–water partition coefficient (Wildman–Crippen LogP) is 5.18. The van der Waals surface area contributed by atoms with E-state index >= 15 is 0 Å². The van der Waals surface area contributed by atoms with Crippen molar-refractivity contribution in [2.45, 2.75) is 23.6 Å². The number of sulfonamides is 1. The van der Waals surface area contributed by atoms with Crippen LogP contribution in [0.15, 0.2) is 86.4 Å². The van der Waals surface area contributed by atoms with Crippen LogP contribution in [0, 0.1) is 25.0 Å². The summed E-state index contributed by atoms with van der Waals surface area (Å²) in [7, 11) is -7.76. The minimum absolute atomic E-state index is 0.0347. The third kappa shape index (κ3) is 5.27. The van der Waals surface area contributed by atoms with Crippen molar-refractivity contribution in [2.75, 3.05) is 0 Å². The van der Waals surface area contributed by atoms with Crippen LogP contribution in [0.1, 0.15) is 16.7 Å². The van der Waals surface area contributed by atoms with Crippen LogP contribution in [-0.2, 0) is 19.8 Å². The minimum atomic E-state index is -4.18. The van der Waals surface area contributed by atoms with Gasteiger partial charge < -0.3 is 0 Å². The van der Waals surface area contributed by atoms with E-state index in [4.69, 9.17) is 11.6 Å². The lowest BCUT2D eigenvalue weighted by Gasteiger charge is -2.06. The summed E-state index contributed by atoms with van der Waals surface area (Å²) in [4.78, 5) is 0.195. The van der Waals surface area contributed by atoms with Crippen LogP contribution in [0.25, 0.3) is 0 Å². The molecule has 0 saturated heterocycles. The Labute approximate surface area is 176 Å². The number of nitrogens with zero attached hydrogens (tertiary/aromatic N) is 1. The Morgan fingerprint density at radius 1 is 0.793 bits per heavy atom. The van der Waals surface area contributed by atoms with E-state index in [0.29, 0.717) is 10.6 Å². The fourth-order valence-electron chi connectivity index (χ4n) is 2.43. The van der Waals surface area contributed by atoms with Crippen molar-refractivity contribution in [2.24, 2.45) is 3.77 Å². The lowest BCUT2D eigenvalue weighted by molar-refractivity contribution is 0.598. The SMILES string of the molecule is Cc1ccc(S(=O)(=O)N=S(=O)(C#Cc2cccc(Cl)c2)c2ccc(C)cc2)cc1. The van der Waals surface area contributed by atoms with Gasteiger partial charge in [-0.2, -0.15) is 8.42 Å². The standard InChI is InChI=1S/C22H18ClNO3S2/c1-17-6-10-21(11-7-17)28(25,15-14-19-4-3-5-20(23)16-19)24-29(26,27)22-12-8-18(2)9-13-22/h3-13,16H,1-2H3. The summed E-state index contributed by atoms with van der Waals surface area (Å²) in [5.41, 5.74) is 2.36. The van der Waals surface area contributed by atoms with Crippen LogP contribution in [0.4, 0.5) is 0 Å². The van der Waals surface area contributed by atoms with Crippen molar-refractivity contribution in [1.29, 1.82) is 0 Å². The smallest absolute Gasteiger partial charge is 0.230 e. The molecule has 3 aromatic rings. The first kappa shape index (κ1) is 21.1. The maximum Gasteiger partial charge on any atom is 0.291 e. The highest BCUT2D eigenvalue weighted by molar-refractivity contribution is 8.06. The fourth-order valence-corrected chi connectivity index (χ4v) is 5.92. The highest BCUT2D eigenvalue weighted by Gasteiger charge is 2.19. The molecule has 0 saturated carbocycles. The lowest BCUT2D eigenvalue weighted by Crippen LogP contribution is -2.05. The molecule has 0 bridgehead atoms. The first-order valence-electron chi connectivity index (χ1n) is 8.63. The van der Waals surface area contributed by atoms with Gasteiger partial charge in [0.2, 0.25) is 0 Å². The third-order valence-corrected chi connectivity index (χ3v) is 8.04. The van der Waals surface area contributed by atoms with Gasteiger partial charge in [0.1, 0.15) is 0 Å². The molecule has 0 aliphatic heterocycles. The van der Waals surface area contributed by atoms with E-state index in [2.05, 4.69) is 14.9 Å². The van der Waals surface area contributed by atoms with E-state index in [1.54, 1.807) is 60.7 Å². The number of aryl methyl sites for hydroxylation is 2. The topological polar surface area (TPSA) is 63.6 Å². The van der Waals surface area contributed by atoms with Gasteiger partial charge >= 0.3 is 0 Å². The number of hydrogen-bond acceptors (Lipinski definition) is 3. The summed E-state index contributed by atoms with van der Waals surface area (Å²) in [5.74, 6) is 2.75. The van der Waals surface area contributed by atoms with Crippen molar-refractivity contribution in [3.05, 3.63) is 94.5 Å². The molecule has 0 spiro atoms. The summed E-state index contributed by atoms with van der Waals surface area (Å²) in [6.07, 6.45) is 0. The maximum atomic E-state index is 13.7. The molecule has 0 amide bonds. The molecule has 0 fully saturated rings. The molecule has 29 heavy (non-hydrogen) atoms. The van der Waals surface area contributed by atoms with Gasteiger partial charge in [0.15, 0.2) is 9.73 Å². The van der Waals surface area contributed by atoms with Crippen molar-refractivity contribution in [1.82, 2.24) is 0 Å². The first-order chi connectivity index (χ1) is 13.7. The molecule has 0 N–H and O–H groups in total. The fraction of sp³-hybridized carbons (Fsp3) is 0.0909. The number of halogens is 1. The Balaban J connectivity index is 2.20. The number of benzene rings is 3. The van der Waals surface area contributed by atoms with Crippen molar-refractivity contribution >= 4 is 31.4 Å². The molecular weight excluding hydrogens is 426 g/mol. The molecule has 0 heterocycles. The number of hydrogen-bond donors (Lipinski definition) is 0. The molecule has 4 nitrogen and oxygen atoms in total. The van der Waals surface area contributed by atoms with Gasteiger partial charge in [-0.1, -0.05) is 62.7 Å². The van der Waals surface area contributed by atoms with Crippen molar-refractivity contribution in [3.8, 4) is 11.2 Å². The molecule has 3 aromatic carbocycles. The molecule has 0 radical (unpaired) electrons. The zero-order valence-corrected chi connectivity index (χ0v) is 18.2. The second-order valence-electron chi connectivity index (χ2n) is 6.44. The van der Waals surface area contributed by atoms with E-state index in [9.17, 15) is 12.6 Å². The predicted molar refractivity (Wildman–Crippen MR) is 117 cm³/mol. The van der Waals surface area contributed by atoms with Crippen LogP contribution < -0.4 is 0 Å². The highest BCUT2D eigenvalue weighted by Crippen LogP contribution is 2.21. The van der Waals surface area contributed by atoms with E-state index in [1.165, 1.54) is 12.1 Å². The van der Waals surface area contributed by atoms with Gasteiger partial charge in [-0.25, -0.2) is 4.21 Å². The molecule has 0 aliphatic rings. The van der Waals surface area contributed by atoms with Crippen LogP contribution >= 0.6 is 11.6 Å². The second kappa shape index (κ2) is 8.42. The maximum absolute atomic E-state index is 13.7. The quantitative estimate of drug-likeness (QED) is 0.524. The Morgan fingerprint density at radius 2 is 1.34 bits per heavy atom. The van der Waals surface area contributed by atoms with E-state index in [1.807, 2.05) is 13.8 Å². The summed E-state index contributed by atoms with van der Waals surface area (Å²) in [6.45, 7) is 3.73. The molecule has 148 valence electrons. The van der Waals surface area contributed by atoms with Crippen LogP contribution in [0.5, 0.6) is 0 Å². The van der Waals surface area contributed by atoms with Gasteiger partial charge in [0.05, 0.1) is 9.79 Å². The third-order valence-electron chi connectivity index (χ3n) is 4.02. The van der Waals surface area contributed by atoms with Gasteiger partial charge in [-0.15, -0.1) is 0 Å². The highest BCUT2D eigenvalue weighted by atomic mass is 35.5. The van der Waals surface area contributed by atoms with E-state index in [0.717, 1.165) is 11.1 Å². The Kier molecular flexibility index (Phi) is 6.13. The van der Waals surface area contributed by atoms with Gasteiger partial charge in [-0.05, 0) is 56.3 Å². The summed E-state index contributed by atoms with van der Waals surface area (Å²) < 4.78 is 43.1. The first-order valence-corrected chi connectivity index (χ1v) is 12.0. The average molecular weight is 444 g/mol. The summed E-state index contributed by atoms with van der Waals surface area (Å²) >= 11 is 5.97. The molecule has 0 aliphatic carbocycles. The molecule has 7 heteroatoms. The Bertz CT molecular complexity index is 1330. The molecular formula is C22H18ClNO3S2. The average Bonchev–Trinajstić information content (AvgIpc) is 2.67. The molecule has 1 atom stereocenters. The van der Waals surface area contributed by atoms with Crippen LogP contribution in [0.2, 0.25) is 5.02 Å². The van der Waals surface area contributed by atoms with E-state index in [-0.39, 0.29) is 9.79 Å². The van der Waals surface area contributed by atoms with E-state index < -0.39 is 19.8 Å².